The first-order chi connectivity index (χ1) is 19.0. The van der Waals surface area contributed by atoms with Crippen LogP contribution >= 0.6 is 0 Å². The number of nitrogens with zero attached hydrogens (tertiary/aromatic N) is 5. The van der Waals surface area contributed by atoms with Crippen molar-refractivity contribution in [2.24, 2.45) is 5.73 Å². The Bertz CT molecular complexity index is 1400. The third-order valence-electron chi connectivity index (χ3n) is 6.97. The number of hydrogen-bond donors (Lipinski definition) is 2. The summed E-state index contributed by atoms with van der Waals surface area (Å²) in [5.41, 5.74) is 7.12. The molecule has 3 aromatic rings. The number of fused-ring (bicyclic) bond motifs is 1. The van der Waals surface area contributed by atoms with Crippen LogP contribution in [0.1, 0.15) is 39.3 Å². The first kappa shape index (κ1) is 27.5. The number of alkyl halides is 3. The van der Waals surface area contributed by atoms with E-state index in [0.29, 0.717) is 30.2 Å². The van der Waals surface area contributed by atoms with Gasteiger partial charge in [-0.25, -0.2) is 0 Å². The van der Waals surface area contributed by atoms with Crippen molar-refractivity contribution in [1.29, 1.82) is 0 Å². The molecule has 3 heterocycles. The van der Waals surface area contributed by atoms with Gasteiger partial charge in [-0.15, -0.1) is 13.2 Å². The van der Waals surface area contributed by atoms with E-state index in [4.69, 9.17) is 10.7 Å². The summed E-state index contributed by atoms with van der Waals surface area (Å²) in [6.07, 6.45) is -4.71. The molecule has 40 heavy (non-hydrogen) atoms. The highest BCUT2D eigenvalue weighted by molar-refractivity contribution is 6.05. The van der Waals surface area contributed by atoms with Crippen molar-refractivity contribution < 1.29 is 32.6 Å². The molecular formula is C27H29F3N6O4. The number of anilines is 2. The van der Waals surface area contributed by atoms with Gasteiger partial charge >= 0.3 is 6.36 Å². The molecule has 0 bridgehead atoms. The number of benzene rings is 2. The predicted molar refractivity (Wildman–Crippen MR) is 140 cm³/mol. The van der Waals surface area contributed by atoms with Gasteiger partial charge in [0.2, 0.25) is 12.3 Å². The summed E-state index contributed by atoms with van der Waals surface area (Å²) >= 11 is 0. The summed E-state index contributed by atoms with van der Waals surface area (Å²) in [6.45, 7) is 0.660. The number of Topliss-reactive ketones (excluding diaryl/α,β-unsaturated/α-hetero) is 1. The summed E-state index contributed by atoms with van der Waals surface area (Å²) in [5.74, 6) is -0.805. The van der Waals surface area contributed by atoms with Crippen LogP contribution in [0.5, 0.6) is 5.75 Å². The highest BCUT2D eigenvalue weighted by Crippen LogP contribution is 2.35. The third-order valence-corrected chi connectivity index (χ3v) is 6.97. The number of piperidine rings is 1. The van der Waals surface area contributed by atoms with Gasteiger partial charge in [-0.1, -0.05) is 42.5 Å². The van der Waals surface area contributed by atoms with E-state index in [1.54, 1.807) is 48.0 Å². The molecule has 5 rings (SSSR count). The van der Waals surface area contributed by atoms with Crippen molar-refractivity contribution >= 4 is 23.5 Å². The maximum atomic E-state index is 13.9. The molecule has 10 nitrogen and oxygen atoms in total. The van der Waals surface area contributed by atoms with E-state index in [0.717, 1.165) is 17.7 Å². The Labute approximate surface area is 228 Å². The number of amides is 1. The minimum Gasteiger partial charge on any atom is -0.406 e. The van der Waals surface area contributed by atoms with Crippen LogP contribution in [0.4, 0.5) is 24.9 Å². The molecular weight excluding hydrogens is 529 g/mol. The molecule has 2 unspecified atom stereocenters. The van der Waals surface area contributed by atoms with Crippen LogP contribution in [-0.4, -0.2) is 76.7 Å². The van der Waals surface area contributed by atoms with E-state index in [1.807, 2.05) is 4.90 Å². The minimum absolute atomic E-state index is 0.0192. The van der Waals surface area contributed by atoms with Crippen LogP contribution in [-0.2, 0) is 6.54 Å². The number of nitrogens with two attached hydrogens (primary N) is 1. The molecule has 0 aliphatic carbocycles. The molecule has 1 amide bonds. The molecule has 0 radical (unpaired) electrons. The van der Waals surface area contributed by atoms with E-state index in [9.17, 15) is 27.9 Å². The van der Waals surface area contributed by atoms with Crippen LogP contribution in [0, 0.1) is 0 Å². The number of carbonyl (C=O) groups excluding carboxylic acids is 2. The van der Waals surface area contributed by atoms with Gasteiger partial charge in [-0.3, -0.25) is 19.1 Å². The third kappa shape index (κ3) is 5.61. The normalized spacial score (nSPS) is 19.6. The second-order valence-corrected chi connectivity index (χ2v) is 9.89. The molecule has 3 N–H and O–H groups in total. The molecule has 2 aliphatic heterocycles. The number of imidazole rings is 1. The number of hydrogen-bond acceptors (Lipinski definition) is 8. The first-order valence-corrected chi connectivity index (χ1v) is 12.8. The van der Waals surface area contributed by atoms with Gasteiger partial charge in [0.15, 0.2) is 17.3 Å². The van der Waals surface area contributed by atoms with Gasteiger partial charge in [-0.05, 0) is 30.5 Å². The molecule has 13 heteroatoms. The summed E-state index contributed by atoms with van der Waals surface area (Å²) < 4.78 is 44.3. The van der Waals surface area contributed by atoms with Crippen molar-refractivity contribution in [3.8, 4) is 5.75 Å². The van der Waals surface area contributed by atoms with Gasteiger partial charge < -0.3 is 25.4 Å². The number of aliphatic hydroxyl groups is 1. The van der Waals surface area contributed by atoms with Crippen molar-refractivity contribution in [1.82, 2.24) is 14.5 Å². The lowest BCUT2D eigenvalue weighted by Gasteiger charge is -2.38. The SMILES string of the molecule is CN1c2nc(N3CCCC(N)C3)n(Cc3cccc(OC(F)(F)F)c3)c2C(=O)N(CC(=O)c2ccccc2)C1O. The number of carbonyl (C=O) groups is 2. The highest BCUT2D eigenvalue weighted by atomic mass is 19.4. The number of aromatic nitrogens is 2. The average Bonchev–Trinajstić information content (AvgIpc) is 3.29. The fourth-order valence-corrected chi connectivity index (χ4v) is 5.07. The fourth-order valence-electron chi connectivity index (χ4n) is 5.07. The predicted octanol–water partition coefficient (Wildman–Crippen LogP) is 2.81. The van der Waals surface area contributed by atoms with E-state index in [1.165, 1.54) is 23.1 Å². The largest absolute Gasteiger partial charge is 0.573 e. The smallest absolute Gasteiger partial charge is 0.406 e. The Morgan fingerprint density at radius 3 is 2.62 bits per heavy atom. The second-order valence-electron chi connectivity index (χ2n) is 9.89. The van der Waals surface area contributed by atoms with Crippen LogP contribution < -0.4 is 20.3 Å². The van der Waals surface area contributed by atoms with Gasteiger partial charge in [0.25, 0.3) is 5.91 Å². The number of rotatable bonds is 7. The van der Waals surface area contributed by atoms with Crippen molar-refractivity contribution in [2.45, 2.75) is 38.1 Å². The molecule has 2 aliphatic rings. The summed E-state index contributed by atoms with van der Waals surface area (Å²) in [5, 5.41) is 11.0. The lowest BCUT2D eigenvalue weighted by atomic mass is 10.1. The lowest BCUT2D eigenvalue weighted by Crippen LogP contribution is -2.55. The Hall–Kier alpha value is -4.10. The summed E-state index contributed by atoms with van der Waals surface area (Å²) in [6, 6.07) is 13.8. The zero-order chi connectivity index (χ0) is 28.6. The van der Waals surface area contributed by atoms with Crippen LogP contribution in [0.25, 0.3) is 0 Å². The van der Waals surface area contributed by atoms with E-state index >= 15 is 0 Å². The molecule has 1 saturated heterocycles. The van der Waals surface area contributed by atoms with Gasteiger partial charge in [0, 0.05) is 31.7 Å². The van der Waals surface area contributed by atoms with E-state index in [2.05, 4.69) is 4.74 Å². The summed E-state index contributed by atoms with van der Waals surface area (Å²) in [4.78, 5) is 35.9. The van der Waals surface area contributed by atoms with Gasteiger partial charge in [0.1, 0.15) is 5.75 Å². The quantitative estimate of drug-likeness (QED) is 0.426. The number of ether oxygens (including phenoxy) is 1. The Morgan fingerprint density at radius 1 is 1.18 bits per heavy atom. The Morgan fingerprint density at radius 2 is 1.93 bits per heavy atom. The Balaban J connectivity index is 1.55. The molecule has 2 aromatic carbocycles. The van der Waals surface area contributed by atoms with Gasteiger partial charge in [-0.2, -0.15) is 4.98 Å². The molecule has 0 spiro atoms. The second kappa shape index (κ2) is 10.8. The zero-order valence-corrected chi connectivity index (χ0v) is 21.7. The van der Waals surface area contributed by atoms with Crippen LogP contribution in [0.15, 0.2) is 54.6 Å². The van der Waals surface area contributed by atoms with Crippen LogP contribution in [0.3, 0.4) is 0 Å². The topological polar surface area (TPSA) is 117 Å². The molecule has 0 saturated carbocycles. The maximum Gasteiger partial charge on any atom is 0.573 e. The zero-order valence-electron chi connectivity index (χ0n) is 21.7. The van der Waals surface area contributed by atoms with E-state index in [-0.39, 0.29) is 29.9 Å². The number of halogens is 3. The molecule has 1 fully saturated rings. The summed E-state index contributed by atoms with van der Waals surface area (Å²) in [7, 11) is 1.55. The highest BCUT2D eigenvalue weighted by Gasteiger charge is 2.42. The molecule has 1 aromatic heterocycles. The van der Waals surface area contributed by atoms with Crippen LogP contribution in [0.2, 0.25) is 0 Å². The van der Waals surface area contributed by atoms with Gasteiger partial charge in [0.05, 0.1) is 13.1 Å². The standard InChI is InChI=1S/C27H29F3N6O4/c1-33-23-22(24(38)36(26(33)39)16-21(37)18-8-3-2-4-9-18)35(25(32-23)34-12-6-10-19(31)15-34)14-17-7-5-11-20(13-17)40-27(28,29)30/h2-5,7-9,11,13,19,26,39H,6,10,12,14-16,31H2,1H3. The number of ketones is 1. The van der Waals surface area contributed by atoms with E-state index < -0.39 is 30.9 Å². The average molecular weight is 559 g/mol. The first-order valence-electron chi connectivity index (χ1n) is 12.8. The minimum atomic E-state index is -4.86. The fraction of sp³-hybridized carbons (Fsp3) is 0.370. The molecule has 2 atom stereocenters. The van der Waals surface area contributed by atoms with Crippen molar-refractivity contribution in [3.05, 3.63) is 71.4 Å². The van der Waals surface area contributed by atoms with Crippen molar-refractivity contribution in [2.75, 3.05) is 36.5 Å². The Kier molecular flexibility index (Phi) is 7.43. The monoisotopic (exact) mass is 558 g/mol. The number of aliphatic hydroxyl groups excluding tert-OH is 1. The molecule has 212 valence electrons. The maximum absolute atomic E-state index is 13.9. The van der Waals surface area contributed by atoms with Crippen molar-refractivity contribution in [3.63, 3.8) is 0 Å². The lowest BCUT2D eigenvalue weighted by molar-refractivity contribution is -0.274.